The average Bonchev–Trinajstić information content (AvgIpc) is 3.11. The van der Waals surface area contributed by atoms with Crippen LogP contribution in [0.1, 0.15) is 21.8 Å². The predicted molar refractivity (Wildman–Crippen MR) is 97.8 cm³/mol. The minimum atomic E-state index is -0.0279. The number of hydrogen-bond donors (Lipinski definition) is 0. The van der Waals surface area contributed by atoms with Gasteiger partial charge in [-0.15, -0.1) is 0 Å². The molecule has 1 amide bonds. The van der Waals surface area contributed by atoms with Gasteiger partial charge in [0.1, 0.15) is 11.5 Å². The molecule has 0 bridgehead atoms. The molecule has 0 radical (unpaired) electrons. The number of aromatic nitrogens is 1. The van der Waals surface area contributed by atoms with Crippen molar-refractivity contribution in [3.05, 3.63) is 53.9 Å². The zero-order valence-corrected chi connectivity index (χ0v) is 15.3. The fourth-order valence-corrected chi connectivity index (χ4v) is 3.52. The van der Waals surface area contributed by atoms with E-state index in [9.17, 15) is 4.79 Å². The molecule has 1 aromatic heterocycles. The van der Waals surface area contributed by atoms with E-state index >= 15 is 0 Å². The lowest BCUT2D eigenvalue weighted by Gasteiger charge is -2.17. The topological polar surface area (TPSA) is 60.9 Å². The maximum absolute atomic E-state index is 13.1. The summed E-state index contributed by atoms with van der Waals surface area (Å²) in [6.07, 6.45) is 3.58. The van der Waals surface area contributed by atoms with E-state index in [2.05, 4.69) is 4.98 Å². The Labute approximate surface area is 153 Å². The number of ether oxygens (including phenoxy) is 3. The third-order valence-corrected chi connectivity index (χ3v) is 4.84. The smallest absolute Gasteiger partial charge is 0.254 e. The summed E-state index contributed by atoms with van der Waals surface area (Å²) in [5.74, 6) is 1.66. The molecule has 26 heavy (non-hydrogen) atoms. The average molecular weight is 356 g/mol. The summed E-state index contributed by atoms with van der Waals surface area (Å²) < 4.78 is 16.0. The number of methoxy groups -OCH3 is 3. The number of amides is 1. The first-order valence-electron chi connectivity index (χ1n) is 8.57. The van der Waals surface area contributed by atoms with Gasteiger partial charge < -0.3 is 19.1 Å². The van der Waals surface area contributed by atoms with E-state index in [0.29, 0.717) is 36.8 Å². The summed E-state index contributed by atoms with van der Waals surface area (Å²) >= 11 is 0. The van der Waals surface area contributed by atoms with E-state index in [0.717, 1.165) is 0 Å². The van der Waals surface area contributed by atoms with Crippen LogP contribution in [0.25, 0.3) is 0 Å². The van der Waals surface area contributed by atoms with Crippen molar-refractivity contribution in [3.8, 4) is 11.5 Å². The van der Waals surface area contributed by atoms with E-state index in [1.807, 2.05) is 17.0 Å². The van der Waals surface area contributed by atoms with Crippen LogP contribution in [-0.2, 0) is 4.74 Å². The second kappa shape index (κ2) is 8.19. The van der Waals surface area contributed by atoms with Crippen molar-refractivity contribution in [2.24, 2.45) is 5.92 Å². The molecule has 0 spiro atoms. The summed E-state index contributed by atoms with van der Waals surface area (Å²) in [6.45, 7) is 1.91. The molecule has 3 rings (SSSR count). The molecule has 0 aliphatic carbocycles. The summed E-state index contributed by atoms with van der Waals surface area (Å²) in [7, 11) is 4.85. The Kier molecular flexibility index (Phi) is 5.73. The molecule has 2 heterocycles. The lowest BCUT2D eigenvalue weighted by atomic mass is 9.90. The Balaban J connectivity index is 1.84. The number of hydrogen-bond acceptors (Lipinski definition) is 5. The molecule has 1 fully saturated rings. The highest BCUT2D eigenvalue weighted by atomic mass is 16.5. The van der Waals surface area contributed by atoms with Gasteiger partial charge in [0.2, 0.25) is 0 Å². The molecule has 1 aromatic carbocycles. The van der Waals surface area contributed by atoms with E-state index < -0.39 is 0 Å². The molecule has 1 saturated heterocycles. The zero-order chi connectivity index (χ0) is 18.5. The van der Waals surface area contributed by atoms with Gasteiger partial charge in [0.05, 0.1) is 20.8 Å². The third kappa shape index (κ3) is 3.80. The van der Waals surface area contributed by atoms with Gasteiger partial charge in [-0.1, -0.05) is 0 Å². The van der Waals surface area contributed by atoms with Crippen molar-refractivity contribution < 1.29 is 19.0 Å². The number of nitrogens with zero attached hydrogens (tertiary/aromatic N) is 2. The van der Waals surface area contributed by atoms with Crippen molar-refractivity contribution in [3.63, 3.8) is 0 Å². The van der Waals surface area contributed by atoms with Crippen molar-refractivity contribution >= 4 is 5.91 Å². The van der Waals surface area contributed by atoms with Crippen LogP contribution in [0, 0.1) is 5.92 Å². The van der Waals surface area contributed by atoms with Crippen LogP contribution in [-0.4, -0.2) is 56.8 Å². The van der Waals surface area contributed by atoms with Gasteiger partial charge in [-0.3, -0.25) is 9.78 Å². The predicted octanol–water partition coefficient (Wildman–Crippen LogP) is 2.60. The van der Waals surface area contributed by atoms with Gasteiger partial charge in [0.15, 0.2) is 0 Å². The van der Waals surface area contributed by atoms with Crippen LogP contribution in [0.3, 0.4) is 0 Å². The van der Waals surface area contributed by atoms with Crippen LogP contribution in [0.2, 0.25) is 0 Å². The minimum absolute atomic E-state index is 0.0279. The zero-order valence-electron chi connectivity index (χ0n) is 15.3. The van der Waals surface area contributed by atoms with Gasteiger partial charge >= 0.3 is 0 Å². The highest BCUT2D eigenvalue weighted by Crippen LogP contribution is 2.34. The number of likely N-dealkylation sites (tertiary alicyclic amines) is 1. The number of pyridine rings is 1. The number of carbonyl (C=O) groups excluding carboxylic acids is 1. The van der Waals surface area contributed by atoms with Gasteiger partial charge in [0, 0.05) is 56.1 Å². The molecule has 0 N–H and O–H groups in total. The SMILES string of the molecule is COC[C@@H]1CN(C(=O)c2cc(OC)cc(OC)c2)C[C@H]1c1ccncc1. The third-order valence-electron chi connectivity index (χ3n) is 4.84. The van der Waals surface area contributed by atoms with Crippen LogP contribution in [0.4, 0.5) is 0 Å². The van der Waals surface area contributed by atoms with Gasteiger partial charge in [-0.25, -0.2) is 0 Å². The largest absolute Gasteiger partial charge is 0.497 e. The second-order valence-electron chi connectivity index (χ2n) is 6.41. The standard InChI is InChI=1S/C20H24N2O4/c1-24-13-16-11-22(12-19(16)14-4-6-21-7-5-14)20(23)15-8-17(25-2)10-18(9-15)26-3/h4-10,16,19H,11-13H2,1-3H3/t16-,19-/m0/s1. The Morgan fingerprint density at radius 1 is 1.08 bits per heavy atom. The fraction of sp³-hybridized carbons (Fsp3) is 0.400. The molecule has 2 atom stereocenters. The molecule has 1 aliphatic rings. The first kappa shape index (κ1) is 18.2. The van der Waals surface area contributed by atoms with Crippen LogP contribution in [0.5, 0.6) is 11.5 Å². The van der Waals surface area contributed by atoms with Gasteiger partial charge in [-0.05, 0) is 29.8 Å². The number of rotatable bonds is 6. The quantitative estimate of drug-likeness (QED) is 0.796. The molecule has 6 heteroatoms. The van der Waals surface area contributed by atoms with Crippen LogP contribution < -0.4 is 9.47 Å². The second-order valence-corrected chi connectivity index (χ2v) is 6.41. The highest BCUT2D eigenvalue weighted by molar-refractivity contribution is 5.95. The van der Waals surface area contributed by atoms with Crippen molar-refractivity contribution in [1.29, 1.82) is 0 Å². The fourth-order valence-electron chi connectivity index (χ4n) is 3.52. The maximum atomic E-state index is 13.1. The normalized spacial score (nSPS) is 19.4. The Bertz CT molecular complexity index is 728. The molecule has 2 aromatic rings. The van der Waals surface area contributed by atoms with Crippen LogP contribution in [0.15, 0.2) is 42.7 Å². The van der Waals surface area contributed by atoms with Crippen molar-refractivity contribution in [2.75, 3.05) is 41.0 Å². The molecular weight excluding hydrogens is 332 g/mol. The number of carbonyl (C=O) groups is 1. The van der Waals surface area contributed by atoms with E-state index in [-0.39, 0.29) is 17.7 Å². The minimum Gasteiger partial charge on any atom is -0.497 e. The van der Waals surface area contributed by atoms with E-state index in [4.69, 9.17) is 14.2 Å². The molecule has 0 unspecified atom stereocenters. The Morgan fingerprint density at radius 2 is 1.73 bits per heavy atom. The molecule has 138 valence electrons. The first-order valence-corrected chi connectivity index (χ1v) is 8.57. The summed E-state index contributed by atoms with van der Waals surface area (Å²) in [4.78, 5) is 19.0. The van der Waals surface area contributed by atoms with Crippen LogP contribution >= 0.6 is 0 Å². The molecular formula is C20H24N2O4. The summed E-state index contributed by atoms with van der Waals surface area (Å²) in [5.41, 5.74) is 1.74. The van der Waals surface area contributed by atoms with Gasteiger partial charge in [0.25, 0.3) is 5.91 Å². The summed E-state index contributed by atoms with van der Waals surface area (Å²) in [5, 5.41) is 0. The Morgan fingerprint density at radius 3 is 2.31 bits per heavy atom. The maximum Gasteiger partial charge on any atom is 0.254 e. The van der Waals surface area contributed by atoms with E-state index in [1.165, 1.54) is 5.56 Å². The van der Waals surface area contributed by atoms with Crippen molar-refractivity contribution in [1.82, 2.24) is 9.88 Å². The Hall–Kier alpha value is -2.60. The highest BCUT2D eigenvalue weighted by Gasteiger charge is 2.36. The molecule has 0 saturated carbocycles. The van der Waals surface area contributed by atoms with E-state index in [1.54, 1.807) is 51.9 Å². The first-order chi connectivity index (χ1) is 12.7. The number of benzene rings is 1. The lowest BCUT2D eigenvalue weighted by Crippen LogP contribution is -2.29. The summed E-state index contributed by atoms with van der Waals surface area (Å²) in [6, 6.07) is 9.27. The van der Waals surface area contributed by atoms with Crippen molar-refractivity contribution in [2.45, 2.75) is 5.92 Å². The monoisotopic (exact) mass is 356 g/mol. The lowest BCUT2D eigenvalue weighted by molar-refractivity contribution is 0.0774. The molecule has 1 aliphatic heterocycles. The molecule has 6 nitrogen and oxygen atoms in total. The van der Waals surface area contributed by atoms with Gasteiger partial charge in [-0.2, -0.15) is 0 Å².